The second kappa shape index (κ2) is 14.2. The van der Waals surface area contributed by atoms with E-state index in [-0.39, 0.29) is 0 Å². The summed E-state index contributed by atoms with van der Waals surface area (Å²) in [5.41, 5.74) is 1.72. The molecule has 0 aliphatic heterocycles. The fourth-order valence-corrected chi connectivity index (χ4v) is 14.9. The Morgan fingerprint density at radius 1 is 0.327 bits per heavy atom. The molecule has 7 rings (SSSR count). The number of furan rings is 1. The molecular weight excluding hydrogens is 629 g/mol. The Kier molecular flexibility index (Phi) is 9.28. The maximum Gasteiger partial charge on any atom is 0.273 e. The van der Waals surface area contributed by atoms with Crippen LogP contribution >= 0.6 is 0 Å². The van der Waals surface area contributed by atoms with E-state index >= 15 is 0 Å². The minimum atomic E-state index is -2.85. The van der Waals surface area contributed by atoms with Gasteiger partial charge >= 0.3 is 0 Å². The summed E-state index contributed by atoms with van der Waals surface area (Å²) in [7, 11) is -5.71. The molecule has 3 nitrogen and oxygen atoms in total. The van der Waals surface area contributed by atoms with Crippen LogP contribution in [0.25, 0.3) is 0 Å². The average Bonchev–Trinajstić information content (AvgIpc) is 3.69. The van der Waals surface area contributed by atoms with Gasteiger partial charge in [-0.05, 0) is 57.1 Å². The zero-order valence-electron chi connectivity index (χ0n) is 27.8. The molecule has 0 fully saturated rings. The SMILES string of the molecule is C/C(=N/[Si](c1ccccc1)(c1ccccc1)c1ccccc1)c1ccc(/C(C)=N/[Si](c2ccccc2)(c2ccccc2)c2ccccc2)o1. The quantitative estimate of drug-likeness (QED) is 0.0970. The summed E-state index contributed by atoms with van der Waals surface area (Å²) in [5, 5.41) is 7.34. The first kappa shape index (κ1) is 31.9. The third kappa shape index (κ3) is 6.22. The molecule has 49 heavy (non-hydrogen) atoms. The van der Waals surface area contributed by atoms with Crippen LogP contribution in [-0.2, 0) is 0 Å². The van der Waals surface area contributed by atoms with Gasteiger partial charge in [0.05, 0.1) is 11.4 Å². The number of benzene rings is 6. The minimum absolute atomic E-state index is 0.746. The summed E-state index contributed by atoms with van der Waals surface area (Å²) in [6, 6.07) is 68.5. The molecule has 1 heterocycles. The summed E-state index contributed by atoms with van der Waals surface area (Å²) < 4.78 is 18.1. The van der Waals surface area contributed by atoms with Gasteiger partial charge in [-0.1, -0.05) is 182 Å². The summed E-state index contributed by atoms with van der Waals surface area (Å²) in [6.45, 7) is 4.14. The molecule has 5 heteroatoms. The molecule has 1 aromatic heterocycles. The Hall–Kier alpha value is -5.63. The molecule has 0 unspecified atom stereocenters. The molecule has 0 N–H and O–H groups in total. The molecule has 0 amide bonds. The van der Waals surface area contributed by atoms with Crippen LogP contribution in [0.5, 0.6) is 0 Å². The van der Waals surface area contributed by atoms with Crippen molar-refractivity contribution in [2.45, 2.75) is 13.8 Å². The van der Waals surface area contributed by atoms with Crippen LogP contribution in [0.4, 0.5) is 0 Å². The lowest BCUT2D eigenvalue weighted by atomic mass is 10.3. The Morgan fingerprint density at radius 2 is 0.531 bits per heavy atom. The Morgan fingerprint density at radius 3 is 0.735 bits per heavy atom. The molecule has 0 bridgehead atoms. The number of hydrogen-bond donors (Lipinski definition) is 0. The molecule has 0 aliphatic rings. The Labute approximate surface area is 291 Å². The molecule has 0 saturated heterocycles. The van der Waals surface area contributed by atoms with Crippen LogP contribution in [0.3, 0.4) is 0 Å². The Bertz CT molecular complexity index is 1820. The average molecular weight is 667 g/mol. The lowest BCUT2D eigenvalue weighted by molar-refractivity contribution is 0.548. The molecule has 0 aliphatic carbocycles. The van der Waals surface area contributed by atoms with E-state index in [1.807, 2.05) is 12.1 Å². The summed E-state index contributed by atoms with van der Waals surface area (Å²) in [5.74, 6) is 1.49. The topological polar surface area (TPSA) is 37.9 Å². The molecule has 238 valence electrons. The zero-order valence-corrected chi connectivity index (χ0v) is 29.8. The molecule has 0 radical (unpaired) electrons. The first-order valence-corrected chi connectivity index (χ1v) is 20.6. The first-order chi connectivity index (χ1) is 24.1. The highest BCUT2D eigenvalue weighted by Gasteiger charge is 2.42. The van der Waals surface area contributed by atoms with Crippen molar-refractivity contribution in [3.63, 3.8) is 0 Å². The third-order valence-electron chi connectivity index (χ3n) is 9.14. The maximum atomic E-state index is 6.70. The van der Waals surface area contributed by atoms with Gasteiger partial charge in [-0.2, -0.15) is 0 Å². The molecular formula is C44H38N2OSi2. The highest BCUT2D eigenvalue weighted by Crippen LogP contribution is 2.18. The van der Waals surface area contributed by atoms with E-state index < -0.39 is 16.5 Å². The van der Waals surface area contributed by atoms with Crippen LogP contribution < -0.4 is 31.1 Å². The van der Waals surface area contributed by atoms with Gasteiger partial charge in [0.15, 0.2) is 0 Å². The van der Waals surface area contributed by atoms with Crippen molar-refractivity contribution in [3.8, 4) is 0 Å². The first-order valence-electron chi connectivity index (χ1n) is 16.7. The van der Waals surface area contributed by atoms with Crippen LogP contribution in [0.1, 0.15) is 25.4 Å². The van der Waals surface area contributed by atoms with Crippen molar-refractivity contribution in [1.29, 1.82) is 0 Å². The summed E-state index contributed by atoms with van der Waals surface area (Å²) in [4.78, 5) is 0. The van der Waals surface area contributed by atoms with Gasteiger partial charge in [0.25, 0.3) is 16.5 Å². The normalized spacial score (nSPS) is 12.5. The number of nitrogens with zero attached hydrogens (tertiary/aromatic N) is 2. The van der Waals surface area contributed by atoms with E-state index in [0.717, 1.165) is 22.9 Å². The maximum absolute atomic E-state index is 6.70. The van der Waals surface area contributed by atoms with Crippen LogP contribution in [0.15, 0.2) is 208 Å². The van der Waals surface area contributed by atoms with Crippen molar-refractivity contribution in [3.05, 3.63) is 206 Å². The predicted octanol–water partition coefficient (Wildman–Crippen LogP) is 6.23. The second-order valence-electron chi connectivity index (χ2n) is 12.2. The predicted molar refractivity (Wildman–Crippen MR) is 211 cm³/mol. The van der Waals surface area contributed by atoms with E-state index in [0.29, 0.717) is 0 Å². The fourth-order valence-electron chi connectivity index (χ4n) is 6.80. The van der Waals surface area contributed by atoms with Crippen LogP contribution in [-0.4, -0.2) is 27.9 Å². The van der Waals surface area contributed by atoms with Crippen molar-refractivity contribution in [2.24, 2.45) is 9.32 Å². The number of hydrogen-bond acceptors (Lipinski definition) is 3. The number of rotatable bonds is 10. The van der Waals surface area contributed by atoms with Gasteiger partial charge in [0.2, 0.25) is 0 Å². The monoisotopic (exact) mass is 666 g/mol. The molecule has 0 spiro atoms. The highest BCUT2D eigenvalue weighted by molar-refractivity contribution is 7.11. The highest BCUT2D eigenvalue weighted by atomic mass is 28.3. The minimum Gasteiger partial charge on any atom is -0.454 e. The van der Waals surface area contributed by atoms with Crippen molar-refractivity contribution in [1.82, 2.24) is 0 Å². The van der Waals surface area contributed by atoms with Gasteiger partial charge < -0.3 is 13.7 Å². The lowest BCUT2D eigenvalue weighted by Crippen LogP contribution is -2.66. The Balaban J connectivity index is 1.38. The van der Waals surface area contributed by atoms with Crippen molar-refractivity contribution < 1.29 is 4.42 Å². The standard InChI is InChI=1S/C44H38N2OSi2/c1-35(45-48(37-21-9-3-10-22-37,38-23-11-4-12-24-38)39-25-13-5-14-26-39)43-33-34-44(47-43)36(2)46-49(40-27-15-6-16-28-40,41-29-17-7-18-30-41)42-31-19-8-20-32-42/h3-34H,1-2H3/b45-35-,46-36+. The van der Waals surface area contributed by atoms with Gasteiger partial charge in [-0.15, -0.1) is 0 Å². The summed E-state index contributed by atoms with van der Waals surface area (Å²) in [6.07, 6.45) is 0. The van der Waals surface area contributed by atoms with E-state index in [4.69, 9.17) is 13.7 Å². The molecule has 7 aromatic rings. The lowest BCUT2D eigenvalue weighted by Gasteiger charge is -2.30. The fraction of sp³-hybridized carbons (Fsp3) is 0.0455. The van der Waals surface area contributed by atoms with Gasteiger partial charge in [0, 0.05) is 0 Å². The van der Waals surface area contributed by atoms with Gasteiger partial charge in [-0.3, -0.25) is 0 Å². The second-order valence-corrected chi connectivity index (χ2v) is 18.9. The van der Waals surface area contributed by atoms with E-state index in [2.05, 4.69) is 196 Å². The molecule has 0 atom stereocenters. The van der Waals surface area contributed by atoms with E-state index in [1.165, 1.54) is 31.1 Å². The molecule has 6 aromatic carbocycles. The van der Waals surface area contributed by atoms with E-state index in [1.54, 1.807) is 0 Å². The summed E-state index contributed by atoms with van der Waals surface area (Å²) >= 11 is 0. The van der Waals surface area contributed by atoms with Gasteiger partial charge in [-0.25, -0.2) is 0 Å². The van der Waals surface area contributed by atoms with Crippen molar-refractivity contribution >= 4 is 59.0 Å². The smallest absolute Gasteiger partial charge is 0.273 e. The van der Waals surface area contributed by atoms with Crippen LogP contribution in [0, 0.1) is 0 Å². The van der Waals surface area contributed by atoms with Crippen LogP contribution in [0.2, 0.25) is 0 Å². The zero-order chi connectivity index (χ0) is 33.5. The largest absolute Gasteiger partial charge is 0.454 e. The van der Waals surface area contributed by atoms with Gasteiger partial charge in [0.1, 0.15) is 11.5 Å². The molecule has 0 saturated carbocycles. The van der Waals surface area contributed by atoms with Crippen molar-refractivity contribution in [2.75, 3.05) is 0 Å². The third-order valence-corrected chi connectivity index (χ3v) is 17.5. The van der Waals surface area contributed by atoms with E-state index in [9.17, 15) is 0 Å².